The molecular formula is C61H100I6N5O35-. The normalized spacial score (nSPS) is 10.0. The number of Topliss-reactive ketones (excluding diaryl/α,β-unsaturated/α-hetero) is 2. The average molecular weight is 2220 g/mol. The van der Waals surface area contributed by atoms with Gasteiger partial charge in [-0.25, -0.2) is 19.2 Å². The number of nitrogens with two attached hydrogens (primary N) is 1. The number of methoxy groups -OCH3 is 7. The number of carboxylic acid groups (broad SMARTS) is 5. The number of alkyl carbamates (subject to hydrolysis) is 3. The van der Waals surface area contributed by atoms with Gasteiger partial charge >= 0.3 is 123 Å². The van der Waals surface area contributed by atoms with Gasteiger partial charge in [-0.2, -0.15) is 0 Å². The number of halogens is 6. The van der Waals surface area contributed by atoms with Crippen LogP contribution in [0, 0.1) is 20.9 Å². The van der Waals surface area contributed by atoms with Gasteiger partial charge in [0, 0.05) is 118 Å². The summed E-state index contributed by atoms with van der Waals surface area (Å²) in [6, 6.07) is 5.10. The van der Waals surface area contributed by atoms with Gasteiger partial charge in [0.25, 0.3) is 5.69 Å². The summed E-state index contributed by atoms with van der Waals surface area (Å²) in [5.74, 6) is -6.32. The number of nitrogens with one attached hydrogen (secondary N) is 3. The maximum atomic E-state index is 12.8. The molecule has 3 amide bonds. The summed E-state index contributed by atoms with van der Waals surface area (Å²) in [5.41, 5.74) is 2.90. The number of benzene rings is 1. The molecule has 1 aromatic carbocycles. The first-order valence-electron chi connectivity index (χ1n) is 31.3. The van der Waals surface area contributed by atoms with Crippen molar-refractivity contribution in [2.45, 2.75) is 103 Å². The number of hydrogen-bond acceptors (Lipinski definition) is 31. The Morgan fingerprint density at radius 3 is 0.916 bits per heavy atom. The Bertz CT molecular complexity index is 2530. The van der Waals surface area contributed by atoms with E-state index < -0.39 is 87.9 Å². The number of nitrogens with zero attached hydrogens (tertiary/aromatic N) is 1. The second kappa shape index (κ2) is 80.4. The van der Waals surface area contributed by atoms with E-state index in [1.807, 2.05) is 0 Å². The number of nitro groups is 1. The van der Waals surface area contributed by atoms with E-state index in [1.54, 1.807) is 0 Å². The monoisotopic (exact) mass is 2220 g/mol. The number of nitro benzene ring substituents is 1. The summed E-state index contributed by atoms with van der Waals surface area (Å²) in [5, 5.41) is 60.1. The first kappa shape index (κ1) is 115. The fraction of sp³-hybridized carbons (Fsp3) is 0.672. The van der Waals surface area contributed by atoms with Crippen LogP contribution in [-0.2, 0) is 110 Å². The van der Waals surface area contributed by atoms with Crippen LogP contribution in [0.5, 0.6) is 5.75 Å². The maximum Gasteiger partial charge on any atom is 0.303 e. The van der Waals surface area contributed by atoms with Gasteiger partial charge in [-0.3, -0.25) is 58.1 Å². The van der Waals surface area contributed by atoms with Crippen LogP contribution >= 0.6 is 98.4 Å². The third-order valence-electron chi connectivity index (χ3n) is 12.2. The number of aliphatic carboxylic acids is 5. The van der Waals surface area contributed by atoms with Crippen LogP contribution in [0.3, 0.4) is 0 Å². The Morgan fingerprint density at radius 1 is 0.430 bits per heavy atom. The Balaban J connectivity index is -0.000000254. The van der Waals surface area contributed by atoms with E-state index in [4.69, 9.17) is 59.7 Å². The first-order chi connectivity index (χ1) is 50.3. The minimum absolute atomic E-state index is 0. The number of non-ortho nitro benzene ring substituents is 1. The molecule has 0 aliphatic carbocycles. The molecule has 107 heavy (non-hydrogen) atoms. The number of rotatable bonds is 51. The number of ether oxygens (including phenoxy) is 14. The Kier molecular flexibility index (Phi) is 86.6. The van der Waals surface area contributed by atoms with Gasteiger partial charge in [0.2, 0.25) is 0 Å². The van der Waals surface area contributed by atoms with Crippen LogP contribution in [0.4, 0.5) is 24.9 Å². The molecule has 46 heteroatoms. The van der Waals surface area contributed by atoms with Crippen molar-refractivity contribution >= 4 is 188 Å². The third-order valence-corrected chi connectivity index (χ3v) is 12.2. The van der Waals surface area contributed by atoms with Crippen LogP contribution < -0.4 is 39.7 Å². The van der Waals surface area contributed by atoms with Crippen molar-refractivity contribution in [1.82, 2.24) is 16.0 Å². The SMILES string of the molecule is COC(=O)CCOCC(COCCC(=O)OC)(COCCC(=O)OC)CC(=O)CCCNC(=O)OC.COC(=O)NCCCC(=O)CC(COCCC(=O)O)(COCCC(=O)O)COCCC(=O)O.COC(=O)NCCCC(=O)O.COC(=O)Oc1ccc([N+](=O)[O-])cc1.I.II.I[I-]I.NCCCC(=O)O. The van der Waals surface area contributed by atoms with Crippen LogP contribution in [-0.4, -0.2) is 269 Å². The standard InChI is InChI=1S/C23H39NO12.C20H33NO12.C8H7NO5.C6H11NO4.C4H9NO2.I3.I2.HI/c1-30-19(26)7-11-34-15-23(16-35-12-8-20(27)31-2,17-36-13-9-21(28)32-3)14-18(25)6-5-10-24-22(29)33-4;1-30-19(29)21-7-2-3-15(22)11-20(12-31-8-4-16(23)24,13-32-9-5-17(25)26)14-33-10-6-18(27)28;1-13-8(10)14-7-4-2-6(3-5-7)9(11)12;1-11-6(10)7-4-2-3-5(8)9;5-3-1-2-4(6)7;1-3-2;1-2;/h5-17H2,1-4H3,(H,24,29);2-14H2,1H3,(H,21,29)(H,23,24)(H,25,26)(H,27,28);2-5H,1H3;2-4H2,1H3,(H,7,10)(H,8,9);1-3,5H2,(H,6,7);;;1H/q;;;;;-1;;. The molecule has 0 saturated heterocycles. The molecule has 1 rings (SSSR count). The summed E-state index contributed by atoms with van der Waals surface area (Å²) in [6.07, 6.45) is -1.19. The van der Waals surface area contributed by atoms with Crippen molar-refractivity contribution in [3.63, 3.8) is 0 Å². The molecule has 0 aliphatic rings. The predicted octanol–water partition coefficient (Wildman–Crippen LogP) is 4.27. The van der Waals surface area contributed by atoms with E-state index in [9.17, 15) is 77.2 Å². The van der Waals surface area contributed by atoms with E-state index >= 15 is 0 Å². The minimum atomic E-state index is -1.08. The molecule has 622 valence electrons. The van der Waals surface area contributed by atoms with Gasteiger partial charge in [0.15, 0.2) is 0 Å². The number of carboxylic acids is 5. The number of carbonyl (C=O) groups excluding carboxylic acids is 9. The molecule has 40 nitrogen and oxygen atoms in total. The molecule has 0 aliphatic heterocycles. The van der Waals surface area contributed by atoms with Gasteiger partial charge in [-0.1, -0.05) is 0 Å². The van der Waals surface area contributed by atoms with E-state index in [1.165, 1.54) is 74.0 Å². The van der Waals surface area contributed by atoms with Crippen molar-refractivity contribution in [2.24, 2.45) is 16.6 Å². The molecule has 0 saturated carbocycles. The number of ketones is 2. The number of hydrogen-bond donors (Lipinski definition) is 9. The molecule has 0 spiro atoms. The topological polar surface area (TPSA) is 575 Å². The number of esters is 3. The zero-order chi connectivity index (χ0) is 82.0. The summed E-state index contributed by atoms with van der Waals surface area (Å²) < 4.78 is 69.2. The van der Waals surface area contributed by atoms with Gasteiger partial charge in [0.1, 0.15) is 17.3 Å². The molecule has 0 aromatic heterocycles. The predicted molar refractivity (Wildman–Crippen MR) is 416 cm³/mol. The van der Waals surface area contributed by atoms with Gasteiger partial charge in [-0.05, 0) is 44.4 Å². The van der Waals surface area contributed by atoms with Crippen molar-refractivity contribution < 1.29 is 177 Å². The van der Waals surface area contributed by atoms with E-state index in [2.05, 4.69) is 128 Å². The summed E-state index contributed by atoms with van der Waals surface area (Å²) >= 11 is 9.54. The molecule has 0 bridgehead atoms. The van der Waals surface area contributed by atoms with Crippen LogP contribution in [0.1, 0.15) is 103 Å². The smallest absolute Gasteiger partial charge is 0.303 e. The molecule has 0 atom stereocenters. The van der Waals surface area contributed by atoms with E-state index in [-0.39, 0.29) is 216 Å². The van der Waals surface area contributed by atoms with Gasteiger partial charge < -0.3 is 114 Å². The maximum absolute atomic E-state index is 12.8. The Labute approximate surface area is 689 Å². The van der Waals surface area contributed by atoms with Gasteiger partial charge in [0.05, 0.1) is 172 Å². The quantitative estimate of drug-likeness (QED) is 0.00836. The third kappa shape index (κ3) is 81.7. The minimum Gasteiger partial charge on any atom is -0.481 e. The second-order valence-corrected chi connectivity index (χ2v) is 37.0. The van der Waals surface area contributed by atoms with Crippen LogP contribution in [0.15, 0.2) is 24.3 Å². The zero-order valence-corrected chi connectivity index (χ0v) is 73.4. The average Bonchev–Trinajstić information content (AvgIpc) is 0.859. The van der Waals surface area contributed by atoms with E-state index in [0.29, 0.717) is 52.0 Å². The van der Waals surface area contributed by atoms with Crippen LogP contribution in [0.25, 0.3) is 0 Å². The molecule has 0 unspecified atom stereocenters. The molecule has 10 N–H and O–H groups in total. The number of amides is 3. The van der Waals surface area contributed by atoms with Crippen molar-refractivity contribution in [2.75, 3.05) is 155 Å². The fourth-order valence-electron chi connectivity index (χ4n) is 7.18. The second-order valence-electron chi connectivity index (χ2n) is 20.8. The molecule has 1 aromatic rings. The summed E-state index contributed by atoms with van der Waals surface area (Å²) in [7, 11) is 8.70. The first-order valence-corrected chi connectivity index (χ1v) is 50.1. The van der Waals surface area contributed by atoms with Gasteiger partial charge in [-0.15, -0.1) is 24.0 Å². The van der Waals surface area contributed by atoms with Crippen molar-refractivity contribution in [1.29, 1.82) is 0 Å². The fourth-order valence-corrected chi connectivity index (χ4v) is 7.18. The molecular weight excluding hydrogens is 2120 g/mol. The number of carbonyl (C=O) groups is 14. The van der Waals surface area contributed by atoms with Crippen LogP contribution in [0.2, 0.25) is 0 Å². The molecule has 0 radical (unpaired) electrons. The van der Waals surface area contributed by atoms with Crippen molar-refractivity contribution in [3.05, 3.63) is 34.4 Å². The molecule has 0 heterocycles. The largest absolute Gasteiger partial charge is 0.481 e. The van der Waals surface area contributed by atoms with Crippen molar-refractivity contribution in [3.8, 4) is 5.75 Å². The Morgan fingerprint density at radius 2 is 0.692 bits per heavy atom. The summed E-state index contributed by atoms with van der Waals surface area (Å²) in [4.78, 5) is 164. The zero-order valence-electron chi connectivity index (χ0n) is 60.2. The molecule has 0 fully saturated rings. The van der Waals surface area contributed by atoms with E-state index in [0.717, 1.165) is 0 Å². The Hall–Kier alpha value is -5.10. The summed E-state index contributed by atoms with van der Waals surface area (Å²) in [6.45, 7) is 0.706.